The first-order chi connectivity index (χ1) is 17.1. The second-order valence-corrected chi connectivity index (χ2v) is 9.06. The molecule has 0 amide bonds. The normalized spacial score (nSPS) is 11.3. The largest absolute Gasteiger partial charge is 0.392 e. The van der Waals surface area contributed by atoms with Crippen molar-refractivity contribution in [1.82, 2.24) is 19.5 Å². The van der Waals surface area contributed by atoms with Crippen LogP contribution in [0.3, 0.4) is 0 Å². The van der Waals surface area contributed by atoms with E-state index < -0.39 is 0 Å². The van der Waals surface area contributed by atoms with Crippen LogP contribution in [0.15, 0.2) is 73.3 Å². The van der Waals surface area contributed by atoms with Crippen LogP contribution in [0.25, 0.3) is 44.5 Å². The van der Waals surface area contributed by atoms with Gasteiger partial charge in [-0.15, -0.1) is 0 Å². The molecule has 0 aliphatic rings. The Balaban J connectivity index is 1.80. The SMILES string of the molecule is CCCCc1c(-c2ccccc2)c(Cl)nc2ccc(-c3c(CO)ccnc3-c3cncn3C)cc12. The van der Waals surface area contributed by atoms with Crippen molar-refractivity contribution in [2.45, 2.75) is 32.8 Å². The van der Waals surface area contributed by atoms with Gasteiger partial charge in [-0.2, -0.15) is 0 Å². The molecule has 3 aromatic heterocycles. The summed E-state index contributed by atoms with van der Waals surface area (Å²) in [6.07, 6.45) is 8.33. The first kappa shape index (κ1) is 23.2. The van der Waals surface area contributed by atoms with E-state index in [1.165, 1.54) is 5.56 Å². The molecule has 0 aliphatic carbocycles. The Morgan fingerprint density at radius 3 is 2.54 bits per heavy atom. The number of aliphatic hydroxyl groups excluding tert-OH is 1. The van der Waals surface area contributed by atoms with E-state index in [0.29, 0.717) is 5.15 Å². The zero-order valence-electron chi connectivity index (χ0n) is 19.9. The Hall–Kier alpha value is -3.54. The minimum absolute atomic E-state index is 0.0857. The van der Waals surface area contributed by atoms with E-state index in [4.69, 9.17) is 16.6 Å². The van der Waals surface area contributed by atoms with Gasteiger partial charge < -0.3 is 9.67 Å². The minimum Gasteiger partial charge on any atom is -0.392 e. The molecule has 0 unspecified atom stereocenters. The highest BCUT2D eigenvalue weighted by molar-refractivity contribution is 6.33. The lowest BCUT2D eigenvalue weighted by molar-refractivity contribution is 0.282. The van der Waals surface area contributed by atoms with E-state index in [-0.39, 0.29) is 6.61 Å². The van der Waals surface area contributed by atoms with E-state index in [1.807, 2.05) is 48.0 Å². The van der Waals surface area contributed by atoms with Gasteiger partial charge >= 0.3 is 0 Å². The van der Waals surface area contributed by atoms with Crippen molar-refractivity contribution in [2.75, 3.05) is 0 Å². The fraction of sp³-hybridized carbons (Fsp3) is 0.207. The third-order valence-corrected chi connectivity index (χ3v) is 6.72. The van der Waals surface area contributed by atoms with Gasteiger partial charge in [-0.3, -0.25) is 4.98 Å². The fourth-order valence-electron chi connectivity index (χ4n) is 4.70. The Morgan fingerprint density at radius 1 is 1.00 bits per heavy atom. The van der Waals surface area contributed by atoms with Crippen LogP contribution in [0.2, 0.25) is 5.15 Å². The molecule has 0 aliphatic heterocycles. The Kier molecular flexibility index (Phi) is 6.62. The van der Waals surface area contributed by atoms with Gasteiger partial charge in [0, 0.05) is 29.8 Å². The number of pyridine rings is 2. The summed E-state index contributed by atoms with van der Waals surface area (Å²) in [5.74, 6) is 0. The van der Waals surface area contributed by atoms with Crippen LogP contribution in [0.1, 0.15) is 30.9 Å². The average molecular weight is 483 g/mol. The van der Waals surface area contributed by atoms with Gasteiger partial charge in [0.1, 0.15) is 5.15 Å². The van der Waals surface area contributed by atoms with Gasteiger partial charge in [0.25, 0.3) is 0 Å². The maximum Gasteiger partial charge on any atom is 0.137 e. The number of aliphatic hydroxyl groups is 1. The molecule has 0 saturated carbocycles. The topological polar surface area (TPSA) is 63.8 Å². The molecule has 5 nitrogen and oxygen atoms in total. The molecule has 35 heavy (non-hydrogen) atoms. The van der Waals surface area contributed by atoms with Gasteiger partial charge in [0.2, 0.25) is 0 Å². The van der Waals surface area contributed by atoms with E-state index in [0.717, 1.165) is 69.4 Å². The fourth-order valence-corrected chi connectivity index (χ4v) is 5.01. The molecular weight excluding hydrogens is 456 g/mol. The number of fused-ring (bicyclic) bond motifs is 1. The molecule has 176 valence electrons. The number of unbranched alkanes of at least 4 members (excludes halogenated alkanes) is 1. The second kappa shape index (κ2) is 9.98. The molecule has 0 fully saturated rings. The monoisotopic (exact) mass is 482 g/mol. The third-order valence-electron chi connectivity index (χ3n) is 6.45. The Bertz CT molecular complexity index is 1490. The smallest absolute Gasteiger partial charge is 0.137 e. The first-order valence-corrected chi connectivity index (χ1v) is 12.2. The van der Waals surface area contributed by atoms with Crippen LogP contribution < -0.4 is 0 Å². The molecule has 0 spiro atoms. The quantitative estimate of drug-likeness (QED) is 0.257. The number of aryl methyl sites for hydroxylation is 2. The van der Waals surface area contributed by atoms with Crippen molar-refractivity contribution >= 4 is 22.5 Å². The van der Waals surface area contributed by atoms with Gasteiger partial charge in [0.15, 0.2) is 0 Å². The molecule has 2 aromatic carbocycles. The lowest BCUT2D eigenvalue weighted by Crippen LogP contribution is -2.01. The summed E-state index contributed by atoms with van der Waals surface area (Å²) >= 11 is 6.77. The molecule has 1 N–H and O–H groups in total. The number of imidazole rings is 1. The highest BCUT2D eigenvalue weighted by Gasteiger charge is 2.19. The number of aromatic nitrogens is 4. The first-order valence-electron chi connectivity index (χ1n) is 11.9. The van der Waals surface area contributed by atoms with Gasteiger partial charge in [-0.25, -0.2) is 9.97 Å². The summed E-state index contributed by atoms with van der Waals surface area (Å²) in [7, 11) is 1.95. The van der Waals surface area contributed by atoms with Crippen molar-refractivity contribution in [3.8, 4) is 33.6 Å². The number of nitrogens with zero attached hydrogens (tertiary/aromatic N) is 4. The highest BCUT2D eigenvalue weighted by atomic mass is 35.5. The summed E-state index contributed by atoms with van der Waals surface area (Å²) in [6, 6.07) is 18.3. The second-order valence-electron chi connectivity index (χ2n) is 8.70. The lowest BCUT2D eigenvalue weighted by Gasteiger charge is -2.17. The molecule has 3 heterocycles. The van der Waals surface area contributed by atoms with Crippen molar-refractivity contribution in [3.05, 3.63) is 89.6 Å². The standard InChI is InChI=1S/C29H27ClN4O/c1-3-4-10-22-23-15-20(11-12-24(23)33-29(30)27(22)19-8-6-5-7-9-19)26-21(17-35)13-14-32-28(26)25-16-31-18-34(25)2/h5-9,11-16,18,35H,3-4,10,17H2,1-2H3. The van der Waals surface area contributed by atoms with Crippen LogP contribution >= 0.6 is 11.6 Å². The maximum absolute atomic E-state index is 10.2. The number of rotatable bonds is 7. The minimum atomic E-state index is -0.0857. The molecule has 0 saturated heterocycles. The van der Waals surface area contributed by atoms with Crippen LogP contribution in [-0.4, -0.2) is 24.6 Å². The zero-order valence-corrected chi connectivity index (χ0v) is 20.6. The predicted molar refractivity (Wildman–Crippen MR) is 142 cm³/mol. The van der Waals surface area contributed by atoms with Crippen LogP contribution in [-0.2, 0) is 20.1 Å². The molecular formula is C29H27ClN4O. The van der Waals surface area contributed by atoms with Crippen molar-refractivity contribution < 1.29 is 5.11 Å². The number of benzene rings is 2. The van der Waals surface area contributed by atoms with E-state index in [2.05, 4.69) is 35.1 Å². The average Bonchev–Trinajstić information content (AvgIpc) is 3.32. The van der Waals surface area contributed by atoms with Crippen LogP contribution in [0.4, 0.5) is 0 Å². The Morgan fingerprint density at radius 2 is 1.83 bits per heavy atom. The molecule has 0 atom stereocenters. The number of hydrogen-bond donors (Lipinski definition) is 1. The molecule has 5 rings (SSSR count). The van der Waals surface area contributed by atoms with Crippen molar-refractivity contribution in [3.63, 3.8) is 0 Å². The summed E-state index contributed by atoms with van der Waals surface area (Å²) in [5, 5.41) is 11.8. The van der Waals surface area contributed by atoms with Crippen LogP contribution in [0, 0.1) is 0 Å². The Labute approximate surface area is 210 Å². The maximum atomic E-state index is 10.2. The van der Waals surface area contributed by atoms with Gasteiger partial charge in [0.05, 0.1) is 36.0 Å². The summed E-state index contributed by atoms with van der Waals surface area (Å²) in [5.41, 5.74) is 8.49. The van der Waals surface area contributed by atoms with Gasteiger partial charge in [-0.1, -0.05) is 61.3 Å². The molecule has 0 bridgehead atoms. The van der Waals surface area contributed by atoms with Crippen molar-refractivity contribution in [2.24, 2.45) is 7.05 Å². The zero-order chi connectivity index (χ0) is 24.4. The molecule has 5 aromatic rings. The van der Waals surface area contributed by atoms with E-state index >= 15 is 0 Å². The highest BCUT2D eigenvalue weighted by Crippen LogP contribution is 2.39. The van der Waals surface area contributed by atoms with Crippen molar-refractivity contribution in [1.29, 1.82) is 0 Å². The van der Waals surface area contributed by atoms with Gasteiger partial charge in [-0.05, 0) is 53.3 Å². The lowest BCUT2D eigenvalue weighted by atomic mass is 9.91. The summed E-state index contributed by atoms with van der Waals surface area (Å²) in [4.78, 5) is 13.7. The number of hydrogen-bond acceptors (Lipinski definition) is 4. The number of halogens is 1. The molecule has 0 radical (unpaired) electrons. The summed E-state index contributed by atoms with van der Waals surface area (Å²) in [6.45, 7) is 2.11. The predicted octanol–water partition coefficient (Wildman–Crippen LogP) is 6.85. The van der Waals surface area contributed by atoms with E-state index in [9.17, 15) is 5.11 Å². The molecule has 6 heteroatoms. The third kappa shape index (κ3) is 4.33. The summed E-state index contributed by atoms with van der Waals surface area (Å²) < 4.78 is 1.94. The van der Waals surface area contributed by atoms with Crippen LogP contribution in [0.5, 0.6) is 0 Å². The van der Waals surface area contributed by atoms with E-state index in [1.54, 1.807) is 18.7 Å².